The normalized spacial score (nSPS) is 16.7. The van der Waals surface area contributed by atoms with Crippen molar-refractivity contribution in [1.82, 2.24) is 9.47 Å². The van der Waals surface area contributed by atoms with E-state index in [2.05, 4.69) is 42.8 Å². The van der Waals surface area contributed by atoms with Gasteiger partial charge in [-0.25, -0.2) is 0 Å². The Hall–Kier alpha value is -2.72. The number of fused-ring (bicyclic) bond motifs is 4. The molecule has 0 atom stereocenters. The largest absolute Gasteiger partial charge is 0.479 e. The van der Waals surface area contributed by atoms with E-state index in [1.165, 1.54) is 11.1 Å². The van der Waals surface area contributed by atoms with Gasteiger partial charge in [-0.1, -0.05) is 24.6 Å². The van der Waals surface area contributed by atoms with E-state index in [-0.39, 0.29) is 5.91 Å². The number of rotatable bonds is 2. The van der Waals surface area contributed by atoms with E-state index in [1.807, 2.05) is 35.2 Å². The Morgan fingerprint density at radius 3 is 2.67 bits per heavy atom. The summed E-state index contributed by atoms with van der Waals surface area (Å²) >= 11 is 6.23. The summed E-state index contributed by atoms with van der Waals surface area (Å²) in [6, 6.07) is 16.0. The number of carbonyl (C=O) groups is 1. The molecule has 0 aliphatic carbocycles. The number of amides is 1. The average molecular weight is 421 g/mol. The quantitative estimate of drug-likeness (QED) is 0.546. The lowest BCUT2D eigenvalue weighted by Crippen LogP contribution is -2.50. The molecule has 3 aromatic rings. The monoisotopic (exact) mass is 420 g/mol. The van der Waals surface area contributed by atoms with Gasteiger partial charge >= 0.3 is 0 Å². The van der Waals surface area contributed by atoms with Gasteiger partial charge in [0.05, 0.1) is 11.4 Å². The van der Waals surface area contributed by atoms with Crippen LogP contribution in [-0.4, -0.2) is 28.5 Å². The molecule has 4 nitrogen and oxygen atoms in total. The first kappa shape index (κ1) is 19.3. The van der Waals surface area contributed by atoms with Crippen LogP contribution in [-0.2, 0) is 12.0 Å². The van der Waals surface area contributed by atoms with Gasteiger partial charge in [0.1, 0.15) is 5.75 Å². The number of hydrogen-bond donors (Lipinski definition) is 0. The predicted octanol–water partition coefficient (Wildman–Crippen LogP) is 5.53. The standard InChI is InChI=1S/C25H25ClN2O2/c1-3-18-6-7-19(15-17(18)2)24(29)27-13-10-25(11-14-27)23-5-4-12-28(23)21-9-8-20(26)16-22(21)30-25/h4-9,12,15-16H,3,10-11,13-14H2,1-2H3. The minimum Gasteiger partial charge on any atom is -0.479 e. The number of benzene rings is 2. The molecule has 5 heteroatoms. The van der Waals surface area contributed by atoms with Crippen LogP contribution < -0.4 is 4.74 Å². The zero-order valence-electron chi connectivity index (χ0n) is 17.3. The first-order valence-electron chi connectivity index (χ1n) is 10.6. The zero-order valence-corrected chi connectivity index (χ0v) is 18.1. The molecule has 30 heavy (non-hydrogen) atoms. The number of hydrogen-bond acceptors (Lipinski definition) is 2. The SMILES string of the molecule is CCc1ccc(C(=O)N2CCC3(CC2)Oc2cc(Cl)ccc2-n2cccc23)cc1C. The number of aryl methyl sites for hydroxylation is 2. The lowest BCUT2D eigenvalue weighted by atomic mass is 9.86. The highest BCUT2D eigenvalue weighted by atomic mass is 35.5. The van der Waals surface area contributed by atoms with Crippen molar-refractivity contribution in [3.8, 4) is 11.4 Å². The molecule has 2 aromatic carbocycles. The second-order valence-electron chi connectivity index (χ2n) is 8.26. The number of piperidine rings is 1. The van der Waals surface area contributed by atoms with Crippen molar-refractivity contribution in [2.45, 2.75) is 38.7 Å². The maximum absolute atomic E-state index is 13.1. The fraction of sp³-hybridized carbons (Fsp3) is 0.320. The summed E-state index contributed by atoms with van der Waals surface area (Å²) in [4.78, 5) is 15.1. The van der Waals surface area contributed by atoms with Crippen LogP contribution in [0.5, 0.6) is 5.75 Å². The molecular formula is C25H25ClN2O2. The third-order valence-corrected chi connectivity index (χ3v) is 6.77. The Morgan fingerprint density at radius 2 is 1.93 bits per heavy atom. The summed E-state index contributed by atoms with van der Waals surface area (Å²) in [5, 5.41) is 0.665. The van der Waals surface area contributed by atoms with Gasteiger partial charge in [0.15, 0.2) is 5.60 Å². The van der Waals surface area contributed by atoms with Crippen molar-refractivity contribution in [1.29, 1.82) is 0 Å². The van der Waals surface area contributed by atoms with Crippen LogP contribution in [0.2, 0.25) is 5.02 Å². The molecule has 0 unspecified atom stereocenters. The molecule has 1 spiro atoms. The van der Waals surface area contributed by atoms with E-state index < -0.39 is 5.60 Å². The number of aromatic nitrogens is 1. The van der Waals surface area contributed by atoms with E-state index in [0.29, 0.717) is 18.1 Å². The molecule has 2 aliphatic heterocycles. The molecule has 0 N–H and O–H groups in total. The van der Waals surface area contributed by atoms with E-state index in [1.54, 1.807) is 0 Å². The van der Waals surface area contributed by atoms with Crippen molar-refractivity contribution in [2.75, 3.05) is 13.1 Å². The third-order valence-electron chi connectivity index (χ3n) is 6.53. The Labute approximate surface area is 182 Å². The van der Waals surface area contributed by atoms with Crippen LogP contribution in [0.15, 0.2) is 54.7 Å². The Balaban J connectivity index is 1.39. The molecule has 154 valence electrons. The topological polar surface area (TPSA) is 34.5 Å². The summed E-state index contributed by atoms with van der Waals surface area (Å²) in [5.41, 5.74) is 4.96. The molecule has 1 aromatic heterocycles. The van der Waals surface area contributed by atoms with Gasteiger partial charge in [0.2, 0.25) is 0 Å². The number of ether oxygens (including phenoxy) is 1. The van der Waals surface area contributed by atoms with Gasteiger partial charge in [-0.2, -0.15) is 0 Å². The fourth-order valence-electron chi connectivity index (χ4n) is 4.83. The Morgan fingerprint density at radius 1 is 1.13 bits per heavy atom. The summed E-state index contributed by atoms with van der Waals surface area (Å²) in [7, 11) is 0. The Kier molecular flexibility index (Phi) is 4.62. The van der Waals surface area contributed by atoms with Crippen LogP contribution in [0.1, 0.15) is 46.9 Å². The molecule has 2 aliphatic rings. The van der Waals surface area contributed by atoms with E-state index in [4.69, 9.17) is 16.3 Å². The first-order valence-corrected chi connectivity index (χ1v) is 10.9. The summed E-state index contributed by atoms with van der Waals surface area (Å²) < 4.78 is 8.76. The summed E-state index contributed by atoms with van der Waals surface area (Å²) in [6.45, 7) is 5.54. The van der Waals surface area contributed by atoms with Crippen molar-refractivity contribution in [3.05, 3.63) is 82.1 Å². The van der Waals surface area contributed by atoms with Crippen LogP contribution in [0.3, 0.4) is 0 Å². The van der Waals surface area contributed by atoms with Crippen LogP contribution in [0.4, 0.5) is 0 Å². The predicted molar refractivity (Wildman–Crippen MR) is 119 cm³/mol. The first-order chi connectivity index (χ1) is 14.5. The fourth-order valence-corrected chi connectivity index (χ4v) is 4.99. The van der Waals surface area contributed by atoms with Crippen molar-refractivity contribution >= 4 is 17.5 Å². The molecular weight excluding hydrogens is 396 g/mol. The second-order valence-corrected chi connectivity index (χ2v) is 8.70. The summed E-state index contributed by atoms with van der Waals surface area (Å²) in [6.07, 6.45) is 4.55. The highest BCUT2D eigenvalue weighted by Gasteiger charge is 2.44. The smallest absolute Gasteiger partial charge is 0.253 e. The van der Waals surface area contributed by atoms with Crippen LogP contribution >= 0.6 is 11.6 Å². The molecule has 1 saturated heterocycles. The highest BCUT2D eigenvalue weighted by Crippen LogP contribution is 2.45. The lowest BCUT2D eigenvalue weighted by Gasteiger charge is -2.45. The molecule has 0 radical (unpaired) electrons. The number of likely N-dealkylation sites (tertiary alicyclic amines) is 1. The zero-order chi connectivity index (χ0) is 20.9. The number of nitrogens with zero attached hydrogens (tertiary/aromatic N) is 2. The van der Waals surface area contributed by atoms with E-state index >= 15 is 0 Å². The van der Waals surface area contributed by atoms with Crippen molar-refractivity contribution < 1.29 is 9.53 Å². The van der Waals surface area contributed by atoms with Gasteiger partial charge in [0, 0.05) is 48.8 Å². The summed E-state index contributed by atoms with van der Waals surface area (Å²) in [5.74, 6) is 0.905. The highest BCUT2D eigenvalue weighted by molar-refractivity contribution is 6.30. The lowest BCUT2D eigenvalue weighted by molar-refractivity contribution is -0.00930. The van der Waals surface area contributed by atoms with Gasteiger partial charge in [-0.05, 0) is 60.9 Å². The molecule has 0 bridgehead atoms. The van der Waals surface area contributed by atoms with Gasteiger partial charge in [-0.15, -0.1) is 0 Å². The van der Waals surface area contributed by atoms with Crippen LogP contribution in [0.25, 0.3) is 5.69 Å². The number of carbonyl (C=O) groups excluding carboxylic acids is 1. The van der Waals surface area contributed by atoms with Gasteiger partial charge in [0.25, 0.3) is 5.91 Å². The molecule has 1 amide bonds. The Bertz CT molecular complexity index is 1130. The maximum Gasteiger partial charge on any atom is 0.253 e. The van der Waals surface area contributed by atoms with Gasteiger partial charge in [-0.3, -0.25) is 4.79 Å². The maximum atomic E-state index is 13.1. The molecule has 0 saturated carbocycles. The molecule has 1 fully saturated rings. The minimum absolute atomic E-state index is 0.102. The number of halogens is 1. The van der Waals surface area contributed by atoms with E-state index in [9.17, 15) is 4.79 Å². The van der Waals surface area contributed by atoms with Gasteiger partial charge < -0.3 is 14.2 Å². The molecule has 5 rings (SSSR count). The van der Waals surface area contributed by atoms with E-state index in [0.717, 1.165) is 42.0 Å². The molecule has 3 heterocycles. The second kappa shape index (κ2) is 7.21. The van der Waals surface area contributed by atoms with Crippen molar-refractivity contribution in [3.63, 3.8) is 0 Å². The van der Waals surface area contributed by atoms with Crippen LogP contribution in [0, 0.1) is 6.92 Å². The third kappa shape index (κ3) is 3.02. The minimum atomic E-state index is -0.431. The van der Waals surface area contributed by atoms with Crippen molar-refractivity contribution in [2.24, 2.45) is 0 Å². The average Bonchev–Trinajstić information content (AvgIpc) is 3.25.